The Kier molecular flexibility index (Phi) is 6.42. The zero-order chi connectivity index (χ0) is 21.1. The standard InChI is InChI=1S/C23H24Cl2N4O/c1-2-20-21(23(30)27-28-13-7-4-8-14-28)26-22(18-15-16(24)11-12-19(18)25)29(20)17-9-5-3-6-10-17/h3,5-6,9-12,15H,2,4,7-8,13-14H2,1H3,(H,27,30). The van der Waals surface area contributed by atoms with Gasteiger partial charge in [0.05, 0.1) is 10.7 Å². The van der Waals surface area contributed by atoms with Crippen LogP contribution in [0.5, 0.6) is 0 Å². The lowest BCUT2D eigenvalue weighted by atomic mass is 10.2. The fraction of sp³-hybridized carbons (Fsp3) is 0.304. The highest BCUT2D eigenvalue weighted by molar-refractivity contribution is 6.35. The maximum atomic E-state index is 13.2. The van der Waals surface area contributed by atoms with Gasteiger partial charge in [-0.2, -0.15) is 0 Å². The molecule has 4 rings (SSSR count). The molecule has 3 aromatic rings. The molecule has 0 radical (unpaired) electrons. The highest BCUT2D eigenvalue weighted by atomic mass is 35.5. The molecule has 2 aromatic carbocycles. The molecular weight excluding hydrogens is 419 g/mol. The molecule has 1 saturated heterocycles. The van der Waals surface area contributed by atoms with E-state index in [4.69, 9.17) is 28.2 Å². The Morgan fingerprint density at radius 1 is 1.07 bits per heavy atom. The van der Waals surface area contributed by atoms with Gasteiger partial charge in [0.25, 0.3) is 5.91 Å². The van der Waals surface area contributed by atoms with Gasteiger partial charge in [-0.3, -0.25) is 14.8 Å². The average molecular weight is 443 g/mol. The number of benzene rings is 2. The van der Waals surface area contributed by atoms with Crippen molar-refractivity contribution < 1.29 is 4.79 Å². The van der Waals surface area contributed by atoms with Crippen molar-refractivity contribution in [2.75, 3.05) is 13.1 Å². The van der Waals surface area contributed by atoms with Crippen molar-refractivity contribution in [2.45, 2.75) is 32.6 Å². The number of piperidine rings is 1. The summed E-state index contributed by atoms with van der Waals surface area (Å²) in [6.45, 7) is 3.75. The molecule has 156 valence electrons. The van der Waals surface area contributed by atoms with Crippen LogP contribution in [0.2, 0.25) is 10.0 Å². The summed E-state index contributed by atoms with van der Waals surface area (Å²) in [6.07, 6.45) is 4.01. The Labute approximate surface area is 186 Å². The predicted molar refractivity (Wildman–Crippen MR) is 121 cm³/mol. The minimum absolute atomic E-state index is 0.192. The molecule has 0 unspecified atom stereocenters. The Hall–Kier alpha value is -2.34. The predicted octanol–water partition coefficient (Wildman–Crippen LogP) is 5.54. The second kappa shape index (κ2) is 9.21. The van der Waals surface area contributed by atoms with Gasteiger partial charge in [0.2, 0.25) is 0 Å². The summed E-state index contributed by atoms with van der Waals surface area (Å²) in [6, 6.07) is 15.2. The fourth-order valence-electron chi connectivity index (χ4n) is 3.87. The molecule has 0 aliphatic carbocycles. The second-order valence-corrected chi connectivity index (χ2v) is 8.21. The molecule has 1 N–H and O–H groups in total. The molecule has 0 bridgehead atoms. The monoisotopic (exact) mass is 442 g/mol. The number of amides is 1. The number of nitrogens with zero attached hydrogens (tertiary/aromatic N) is 3. The van der Waals surface area contributed by atoms with E-state index in [1.807, 2.05) is 46.8 Å². The number of aromatic nitrogens is 2. The lowest BCUT2D eigenvalue weighted by Gasteiger charge is -2.26. The molecule has 1 fully saturated rings. The summed E-state index contributed by atoms with van der Waals surface area (Å²) < 4.78 is 2.00. The van der Waals surface area contributed by atoms with Crippen LogP contribution < -0.4 is 5.43 Å². The number of hydrazine groups is 1. The van der Waals surface area contributed by atoms with Crippen LogP contribution >= 0.6 is 23.2 Å². The van der Waals surface area contributed by atoms with Crippen molar-refractivity contribution in [3.8, 4) is 17.1 Å². The van der Waals surface area contributed by atoms with Gasteiger partial charge in [0.1, 0.15) is 5.82 Å². The Balaban J connectivity index is 1.84. The lowest BCUT2D eigenvalue weighted by Crippen LogP contribution is -2.45. The van der Waals surface area contributed by atoms with E-state index in [0.29, 0.717) is 33.5 Å². The van der Waals surface area contributed by atoms with Crippen molar-refractivity contribution in [1.82, 2.24) is 20.0 Å². The number of imidazole rings is 1. The Morgan fingerprint density at radius 2 is 1.80 bits per heavy atom. The molecule has 0 atom stereocenters. The molecule has 7 heteroatoms. The highest BCUT2D eigenvalue weighted by Crippen LogP contribution is 2.33. The number of carbonyl (C=O) groups excluding carboxylic acids is 1. The SMILES string of the molecule is CCc1c(C(=O)NN2CCCCC2)nc(-c2cc(Cl)ccc2Cl)n1-c1ccccc1. The van der Waals surface area contributed by atoms with E-state index >= 15 is 0 Å². The van der Waals surface area contributed by atoms with Crippen LogP contribution in [0, 0.1) is 0 Å². The van der Waals surface area contributed by atoms with E-state index in [2.05, 4.69) is 5.43 Å². The number of nitrogens with one attached hydrogen (secondary N) is 1. The van der Waals surface area contributed by atoms with Crippen molar-refractivity contribution in [1.29, 1.82) is 0 Å². The minimum atomic E-state index is -0.192. The molecular formula is C23H24Cl2N4O. The van der Waals surface area contributed by atoms with Crippen LogP contribution in [-0.4, -0.2) is 33.6 Å². The van der Waals surface area contributed by atoms with E-state index in [-0.39, 0.29) is 5.91 Å². The van der Waals surface area contributed by atoms with Gasteiger partial charge in [-0.15, -0.1) is 0 Å². The zero-order valence-electron chi connectivity index (χ0n) is 16.9. The van der Waals surface area contributed by atoms with Crippen LogP contribution in [0.4, 0.5) is 0 Å². The summed E-state index contributed by atoms with van der Waals surface area (Å²) in [4.78, 5) is 18.0. The molecule has 1 amide bonds. The van der Waals surface area contributed by atoms with Crippen molar-refractivity contribution in [3.05, 3.63) is 70.0 Å². The molecule has 1 aliphatic rings. The minimum Gasteiger partial charge on any atom is -0.296 e. The summed E-state index contributed by atoms with van der Waals surface area (Å²) in [5.41, 5.74) is 5.90. The van der Waals surface area contributed by atoms with Gasteiger partial charge >= 0.3 is 0 Å². The number of carbonyl (C=O) groups is 1. The molecule has 30 heavy (non-hydrogen) atoms. The molecule has 1 aromatic heterocycles. The Bertz CT molecular complexity index is 1040. The van der Waals surface area contributed by atoms with E-state index in [9.17, 15) is 4.79 Å². The molecule has 0 saturated carbocycles. The number of rotatable bonds is 5. The van der Waals surface area contributed by atoms with Gasteiger partial charge in [0, 0.05) is 29.4 Å². The van der Waals surface area contributed by atoms with Crippen LogP contribution in [0.3, 0.4) is 0 Å². The van der Waals surface area contributed by atoms with E-state index in [0.717, 1.165) is 37.3 Å². The summed E-state index contributed by atoms with van der Waals surface area (Å²) in [5, 5.41) is 3.08. The van der Waals surface area contributed by atoms with Gasteiger partial charge < -0.3 is 0 Å². The van der Waals surface area contributed by atoms with Gasteiger partial charge in [0.15, 0.2) is 5.69 Å². The van der Waals surface area contributed by atoms with Gasteiger partial charge in [-0.05, 0) is 49.6 Å². The maximum Gasteiger partial charge on any atom is 0.286 e. The zero-order valence-corrected chi connectivity index (χ0v) is 18.4. The fourth-order valence-corrected chi connectivity index (χ4v) is 4.24. The van der Waals surface area contributed by atoms with Crippen LogP contribution in [-0.2, 0) is 6.42 Å². The van der Waals surface area contributed by atoms with E-state index < -0.39 is 0 Å². The second-order valence-electron chi connectivity index (χ2n) is 7.37. The number of hydrogen-bond acceptors (Lipinski definition) is 3. The molecule has 2 heterocycles. The maximum absolute atomic E-state index is 13.2. The average Bonchev–Trinajstić information content (AvgIpc) is 3.16. The van der Waals surface area contributed by atoms with Crippen molar-refractivity contribution >= 4 is 29.1 Å². The van der Waals surface area contributed by atoms with E-state index in [1.54, 1.807) is 18.2 Å². The third-order valence-corrected chi connectivity index (χ3v) is 5.89. The largest absolute Gasteiger partial charge is 0.296 e. The summed E-state index contributed by atoms with van der Waals surface area (Å²) >= 11 is 12.8. The number of halogens is 2. The van der Waals surface area contributed by atoms with Crippen molar-refractivity contribution in [2.24, 2.45) is 0 Å². The van der Waals surface area contributed by atoms with Gasteiger partial charge in [-0.25, -0.2) is 9.99 Å². The Morgan fingerprint density at radius 3 is 2.50 bits per heavy atom. The lowest BCUT2D eigenvalue weighted by molar-refractivity contribution is 0.0744. The normalized spacial score (nSPS) is 14.6. The van der Waals surface area contributed by atoms with E-state index in [1.165, 1.54) is 6.42 Å². The van der Waals surface area contributed by atoms with Crippen LogP contribution in [0.15, 0.2) is 48.5 Å². The summed E-state index contributed by atoms with van der Waals surface area (Å²) in [5.74, 6) is 0.414. The molecule has 1 aliphatic heterocycles. The number of para-hydroxylation sites is 1. The third-order valence-electron chi connectivity index (χ3n) is 5.32. The van der Waals surface area contributed by atoms with Gasteiger partial charge in [-0.1, -0.05) is 54.7 Å². The molecule has 0 spiro atoms. The number of hydrogen-bond donors (Lipinski definition) is 1. The first kappa shape index (κ1) is 20.9. The summed E-state index contributed by atoms with van der Waals surface area (Å²) in [7, 11) is 0. The molecule has 5 nitrogen and oxygen atoms in total. The third kappa shape index (κ3) is 4.24. The quantitative estimate of drug-likeness (QED) is 0.564. The highest BCUT2D eigenvalue weighted by Gasteiger charge is 2.26. The first-order valence-electron chi connectivity index (χ1n) is 10.3. The van der Waals surface area contributed by atoms with Crippen LogP contribution in [0.25, 0.3) is 17.1 Å². The topological polar surface area (TPSA) is 50.2 Å². The van der Waals surface area contributed by atoms with Crippen molar-refractivity contribution in [3.63, 3.8) is 0 Å². The van der Waals surface area contributed by atoms with Crippen LogP contribution in [0.1, 0.15) is 42.4 Å². The first-order chi connectivity index (χ1) is 14.6. The smallest absolute Gasteiger partial charge is 0.286 e. The first-order valence-corrected chi connectivity index (χ1v) is 11.0.